The number of carbonyl (C=O) groups is 3. The van der Waals surface area contributed by atoms with Crippen LogP contribution >= 0.6 is 0 Å². The fourth-order valence-electron chi connectivity index (χ4n) is 1.92. The molecule has 0 bridgehead atoms. The van der Waals surface area contributed by atoms with Gasteiger partial charge in [-0.3, -0.25) is 14.4 Å². The molecule has 1 fully saturated rings. The molecule has 0 aromatic heterocycles. The minimum Gasteiger partial charge on any atom is -0.370 e. The Kier molecular flexibility index (Phi) is 4.04. The zero-order chi connectivity index (χ0) is 12.3. The van der Waals surface area contributed by atoms with Crippen molar-refractivity contribution in [1.29, 1.82) is 0 Å². The van der Waals surface area contributed by atoms with E-state index in [1.165, 1.54) is 0 Å². The molecule has 0 spiro atoms. The molecule has 2 amide bonds. The van der Waals surface area contributed by atoms with E-state index in [1.54, 1.807) is 0 Å². The molecule has 3 N–H and O–H groups in total. The molecule has 1 rings (SSSR count). The van der Waals surface area contributed by atoms with E-state index in [9.17, 15) is 14.4 Å². The number of piperidine rings is 1. The molecule has 16 heavy (non-hydrogen) atoms. The molecule has 1 heterocycles. The van der Waals surface area contributed by atoms with Crippen LogP contribution in [0.5, 0.6) is 0 Å². The van der Waals surface area contributed by atoms with Gasteiger partial charge in [0.15, 0.2) is 5.78 Å². The van der Waals surface area contributed by atoms with E-state index in [4.69, 9.17) is 5.73 Å². The van der Waals surface area contributed by atoms with Crippen LogP contribution < -0.4 is 11.1 Å². The maximum atomic E-state index is 11.8. The highest BCUT2D eigenvalue weighted by molar-refractivity contribution is 5.98. The van der Waals surface area contributed by atoms with E-state index in [0.717, 1.165) is 6.42 Å². The fourth-order valence-corrected chi connectivity index (χ4v) is 1.92. The van der Waals surface area contributed by atoms with Crippen molar-refractivity contribution in [2.45, 2.75) is 39.2 Å². The highest BCUT2D eigenvalue weighted by Crippen LogP contribution is 2.21. The van der Waals surface area contributed by atoms with Crippen molar-refractivity contribution in [1.82, 2.24) is 5.32 Å². The third-order valence-electron chi connectivity index (χ3n) is 3.12. The predicted molar refractivity (Wildman–Crippen MR) is 58.3 cm³/mol. The Bertz CT molecular complexity index is 314. The molecule has 0 aromatic carbocycles. The molecule has 1 saturated heterocycles. The van der Waals surface area contributed by atoms with Gasteiger partial charge in [0.1, 0.15) is 0 Å². The first-order valence-corrected chi connectivity index (χ1v) is 5.57. The van der Waals surface area contributed by atoms with Crippen LogP contribution in [0.3, 0.4) is 0 Å². The molecule has 0 saturated carbocycles. The molecular formula is C11H18N2O3. The van der Waals surface area contributed by atoms with Crippen molar-refractivity contribution < 1.29 is 14.4 Å². The molecule has 0 aromatic rings. The van der Waals surface area contributed by atoms with E-state index < -0.39 is 17.9 Å². The second-order valence-corrected chi connectivity index (χ2v) is 4.41. The van der Waals surface area contributed by atoms with Crippen molar-refractivity contribution in [3.8, 4) is 0 Å². The van der Waals surface area contributed by atoms with Gasteiger partial charge in [0.05, 0.1) is 12.0 Å². The van der Waals surface area contributed by atoms with Crippen LogP contribution in [0.4, 0.5) is 0 Å². The number of nitrogens with one attached hydrogen (secondary N) is 1. The summed E-state index contributed by atoms with van der Waals surface area (Å²) in [6, 6.07) is -0.401. The predicted octanol–water partition coefficient (Wildman–Crippen LogP) is -0.0183. The van der Waals surface area contributed by atoms with Gasteiger partial charge in [-0.2, -0.15) is 0 Å². The number of ketones is 1. The number of hydrogen-bond acceptors (Lipinski definition) is 3. The molecule has 90 valence electrons. The second kappa shape index (κ2) is 5.09. The van der Waals surface area contributed by atoms with Gasteiger partial charge in [-0.1, -0.05) is 20.3 Å². The second-order valence-electron chi connectivity index (χ2n) is 4.41. The van der Waals surface area contributed by atoms with E-state index >= 15 is 0 Å². The number of hydrogen-bond donors (Lipinski definition) is 2. The molecule has 1 aliphatic rings. The maximum absolute atomic E-state index is 11.8. The quantitative estimate of drug-likeness (QED) is 0.706. The van der Waals surface area contributed by atoms with Crippen LogP contribution in [0, 0.1) is 11.8 Å². The molecule has 0 radical (unpaired) electrons. The summed E-state index contributed by atoms with van der Waals surface area (Å²) < 4.78 is 0. The Morgan fingerprint density at radius 2 is 2.19 bits per heavy atom. The smallest absolute Gasteiger partial charge is 0.224 e. The van der Waals surface area contributed by atoms with Gasteiger partial charge in [0, 0.05) is 12.8 Å². The monoisotopic (exact) mass is 226 g/mol. The maximum Gasteiger partial charge on any atom is 0.224 e. The molecule has 0 aliphatic carbocycles. The number of primary amides is 1. The highest BCUT2D eigenvalue weighted by Gasteiger charge is 2.36. The van der Waals surface area contributed by atoms with Gasteiger partial charge < -0.3 is 11.1 Å². The Labute approximate surface area is 94.8 Å². The molecule has 1 aliphatic heterocycles. The summed E-state index contributed by atoms with van der Waals surface area (Å²) in [5, 5.41) is 2.68. The summed E-state index contributed by atoms with van der Waals surface area (Å²) in [5.41, 5.74) is 5.02. The molecule has 3 atom stereocenters. The van der Waals surface area contributed by atoms with Crippen LogP contribution in [0.15, 0.2) is 0 Å². The fraction of sp³-hybridized carbons (Fsp3) is 0.727. The summed E-state index contributed by atoms with van der Waals surface area (Å²) in [7, 11) is 0. The standard InChI is InChI=1S/C11H18N2O3/c1-3-6(2)10-8(14)4-7(5-9(12)15)11(16)13-10/h6-7,10H,3-5H2,1-2H3,(H2,12,15)(H,13,16). The Hall–Kier alpha value is -1.39. The van der Waals surface area contributed by atoms with Gasteiger partial charge in [0.25, 0.3) is 0 Å². The lowest BCUT2D eigenvalue weighted by atomic mass is 9.84. The van der Waals surface area contributed by atoms with Crippen LogP contribution in [0.2, 0.25) is 0 Å². The van der Waals surface area contributed by atoms with Gasteiger partial charge in [-0.25, -0.2) is 0 Å². The first kappa shape index (κ1) is 12.7. The lowest BCUT2D eigenvalue weighted by molar-refractivity contribution is -0.139. The molecule has 5 nitrogen and oxygen atoms in total. The lowest BCUT2D eigenvalue weighted by Gasteiger charge is -2.30. The summed E-state index contributed by atoms with van der Waals surface area (Å²) in [4.78, 5) is 34.1. The first-order valence-electron chi connectivity index (χ1n) is 5.57. The summed E-state index contributed by atoms with van der Waals surface area (Å²) in [6.45, 7) is 3.90. The molecule has 5 heteroatoms. The topological polar surface area (TPSA) is 89.3 Å². The van der Waals surface area contributed by atoms with E-state index in [1.807, 2.05) is 13.8 Å². The zero-order valence-electron chi connectivity index (χ0n) is 9.66. The SMILES string of the molecule is CCC(C)C1NC(=O)C(CC(N)=O)CC1=O. The number of nitrogens with two attached hydrogens (primary N) is 1. The van der Waals surface area contributed by atoms with Crippen LogP contribution in [0.1, 0.15) is 33.1 Å². The number of rotatable bonds is 4. The number of Topliss-reactive ketones (excluding diaryl/α,β-unsaturated/α-hetero) is 1. The molecule has 3 unspecified atom stereocenters. The highest BCUT2D eigenvalue weighted by atomic mass is 16.2. The van der Waals surface area contributed by atoms with Gasteiger partial charge in [-0.05, 0) is 5.92 Å². The van der Waals surface area contributed by atoms with Gasteiger partial charge in [-0.15, -0.1) is 0 Å². The Morgan fingerprint density at radius 1 is 1.56 bits per heavy atom. The molecular weight excluding hydrogens is 208 g/mol. The van der Waals surface area contributed by atoms with E-state index in [2.05, 4.69) is 5.32 Å². The number of carbonyl (C=O) groups excluding carboxylic acids is 3. The third-order valence-corrected chi connectivity index (χ3v) is 3.12. The van der Waals surface area contributed by atoms with Crippen molar-refractivity contribution in [3.05, 3.63) is 0 Å². The van der Waals surface area contributed by atoms with Crippen LogP contribution in [-0.4, -0.2) is 23.6 Å². The zero-order valence-corrected chi connectivity index (χ0v) is 9.66. The lowest BCUT2D eigenvalue weighted by Crippen LogP contribution is -2.53. The van der Waals surface area contributed by atoms with Crippen molar-refractivity contribution >= 4 is 17.6 Å². The average molecular weight is 226 g/mol. The first-order chi connectivity index (χ1) is 7.45. The minimum absolute atomic E-state index is 0.000185. The Morgan fingerprint density at radius 3 is 2.69 bits per heavy atom. The van der Waals surface area contributed by atoms with Crippen molar-refractivity contribution in [3.63, 3.8) is 0 Å². The van der Waals surface area contributed by atoms with Crippen molar-refractivity contribution in [2.75, 3.05) is 0 Å². The van der Waals surface area contributed by atoms with Gasteiger partial charge in [0.2, 0.25) is 11.8 Å². The van der Waals surface area contributed by atoms with Gasteiger partial charge >= 0.3 is 0 Å². The van der Waals surface area contributed by atoms with Crippen molar-refractivity contribution in [2.24, 2.45) is 17.6 Å². The third kappa shape index (κ3) is 2.81. The number of amides is 2. The normalized spacial score (nSPS) is 27.4. The largest absolute Gasteiger partial charge is 0.370 e. The summed E-state index contributed by atoms with van der Waals surface area (Å²) >= 11 is 0. The minimum atomic E-state index is -0.578. The summed E-state index contributed by atoms with van der Waals surface area (Å²) in [6.07, 6.45) is 0.908. The van der Waals surface area contributed by atoms with Crippen LogP contribution in [-0.2, 0) is 14.4 Å². The van der Waals surface area contributed by atoms with E-state index in [0.29, 0.717) is 0 Å². The average Bonchev–Trinajstić information content (AvgIpc) is 2.21. The Balaban J connectivity index is 2.67. The van der Waals surface area contributed by atoms with E-state index in [-0.39, 0.29) is 30.4 Å². The van der Waals surface area contributed by atoms with Crippen LogP contribution in [0.25, 0.3) is 0 Å². The summed E-state index contributed by atoms with van der Waals surface area (Å²) in [5.74, 6) is -1.23.